The lowest BCUT2D eigenvalue weighted by atomic mass is 10.0. The number of hydrogen-bond donors (Lipinski definition) is 1. The third kappa shape index (κ3) is 10.2. The number of esters is 1. The standard InChI is InChI=1S/C34H48N6O5S/c1-9-38(10-2)32(35-8)37-29(24(4)40(11-3)30(41)28-15-14-22-46-28)36-27(31(42)45-34(5,6)7)23-25-16-18-26(19-17-25)44-33(43)39-20-12-13-21-39/h14-19,22,27,36H,8-13,20-21,23H2,1-7H3/b29-24+,37-32?/t27-/m0/s1. The molecule has 1 aliphatic rings. The molecule has 1 saturated heterocycles. The number of aliphatic imine (C=N–C) groups is 2. The number of hydrogen-bond acceptors (Lipinski definition) is 8. The Morgan fingerprint density at radius 3 is 2.22 bits per heavy atom. The lowest BCUT2D eigenvalue weighted by molar-refractivity contribution is -0.157. The second-order valence-electron chi connectivity index (χ2n) is 11.8. The predicted molar refractivity (Wildman–Crippen MR) is 183 cm³/mol. The van der Waals surface area contributed by atoms with Crippen molar-refractivity contribution in [2.45, 2.75) is 79.4 Å². The second-order valence-corrected chi connectivity index (χ2v) is 12.8. The van der Waals surface area contributed by atoms with Crippen LogP contribution in [0.4, 0.5) is 4.79 Å². The zero-order valence-corrected chi connectivity index (χ0v) is 29.0. The Kier molecular flexibility index (Phi) is 13.4. The molecule has 12 heteroatoms. The van der Waals surface area contributed by atoms with Crippen LogP contribution in [0.5, 0.6) is 5.75 Å². The van der Waals surface area contributed by atoms with Gasteiger partial charge in [-0.25, -0.2) is 14.6 Å². The van der Waals surface area contributed by atoms with Gasteiger partial charge < -0.3 is 29.5 Å². The molecular weight excluding hydrogens is 604 g/mol. The maximum Gasteiger partial charge on any atom is 0.415 e. The minimum absolute atomic E-state index is 0.173. The fourth-order valence-electron chi connectivity index (χ4n) is 4.95. The third-order valence-electron chi connectivity index (χ3n) is 7.38. The first-order valence-electron chi connectivity index (χ1n) is 15.8. The maximum atomic E-state index is 13.7. The molecular formula is C34H48N6O5S. The molecule has 2 heterocycles. The Labute approximate surface area is 277 Å². The molecule has 1 aromatic carbocycles. The Morgan fingerprint density at radius 1 is 1.04 bits per heavy atom. The van der Waals surface area contributed by atoms with Crippen LogP contribution in [0.15, 0.2) is 63.3 Å². The predicted octanol–water partition coefficient (Wildman–Crippen LogP) is 5.93. The van der Waals surface area contributed by atoms with Gasteiger partial charge in [-0.05, 0) is 97.2 Å². The average molecular weight is 653 g/mol. The van der Waals surface area contributed by atoms with Gasteiger partial charge >= 0.3 is 12.1 Å². The summed E-state index contributed by atoms with van der Waals surface area (Å²) >= 11 is 1.36. The lowest BCUT2D eigenvalue weighted by Gasteiger charge is -2.28. The van der Waals surface area contributed by atoms with Gasteiger partial charge in [-0.3, -0.25) is 4.79 Å². The minimum atomic E-state index is -0.885. The topological polar surface area (TPSA) is 116 Å². The van der Waals surface area contributed by atoms with Gasteiger partial charge in [-0.2, -0.15) is 4.99 Å². The summed E-state index contributed by atoms with van der Waals surface area (Å²) in [4.78, 5) is 54.5. The third-order valence-corrected chi connectivity index (χ3v) is 8.23. The normalized spacial score (nSPS) is 14.7. The number of thiophene rings is 1. The first-order valence-corrected chi connectivity index (χ1v) is 16.7. The molecule has 0 aliphatic carbocycles. The quantitative estimate of drug-likeness (QED) is 0.172. The molecule has 1 aliphatic heterocycles. The summed E-state index contributed by atoms with van der Waals surface area (Å²) in [5, 5.41) is 5.17. The van der Waals surface area contributed by atoms with Crippen molar-refractivity contribution in [3.05, 3.63) is 63.7 Å². The van der Waals surface area contributed by atoms with Crippen molar-refractivity contribution < 1.29 is 23.9 Å². The van der Waals surface area contributed by atoms with E-state index in [0.29, 0.717) is 60.8 Å². The lowest BCUT2D eigenvalue weighted by Crippen LogP contribution is -2.44. The summed E-state index contributed by atoms with van der Waals surface area (Å²) in [6.07, 6.45) is 1.82. The molecule has 1 aromatic heterocycles. The molecule has 250 valence electrons. The van der Waals surface area contributed by atoms with Gasteiger partial charge in [0.05, 0.1) is 10.6 Å². The van der Waals surface area contributed by atoms with Crippen LogP contribution in [0.1, 0.15) is 76.5 Å². The summed E-state index contributed by atoms with van der Waals surface area (Å²) in [5.41, 5.74) is 0.581. The van der Waals surface area contributed by atoms with E-state index in [4.69, 9.17) is 14.5 Å². The highest BCUT2D eigenvalue weighted by Crippen LogP contribution is 2.21. The zero-order chi connectivity index (χ0) is 33.9. The van der Waals surface area contributed by atoms with E-state index < -0.39 is 17.6 Å². The number of nitrogens with one attached hydrogen (secondary N) is 1. The van der Waals surface area contributed by atoms with Crippen LogP contribution in [-0.4, -0.2) is 89.7 Å². The monoisotopic (exact) mass is 652 g/mol. The van der Waals surface area contributed by atoms with Gasteiger partial charge in [0, 0.05) is 39.1 Å². The van der Waals surface area contributed by atoms with Gasteiger partial charge in [0.15, 0.2) is 0 Å². The van der Waals surface area contributed by atoms with E-state index in [0.717, 1.165) is 18.4 Å². The summed E-state index contributed by atoms with van der Waals surface area (Å²) in [6, 6.07) is 9.79. The highest BCUT2D eigenvalue weighted by molar-refractivity contribution is 7.12. The molecule has 1 fully saturated rings. The molecule has 0 bridgehead atoms. The largest absolute Gasteiger partial charge is 0.458 e. The number of carbonyl (C=O) groups is 3. The minimum Gasteiger partial charge on any atom is -0.458 e. The van der Waals surface area contributed by atoms with Crippen LogP contribution < -0.4 is 10.1 Å². The Morgan fingerprint density at radius 2 is 1.70 bits per heavy atom. The Hall–Kier alpha value is -4.19. The first kappa shape index (κ1) is 36.3. The van der Waals surface area contributed by atoms with Gasteiger partial charge in [-0.1, -0.05) is 18.2 Å². The summed E-state index contributed by atoms with van der Waals surface area (Å²) in [7, 11) is 0. The molecule has 11 nitrogen and oxygen atoms in total. The number of benzene rings is 1. The fourth-order valence-corrected chi connectivity index (χ4v) is 5.62. The molecule has 1 N–H and O–H groups in total. The number of rotatable bonds is 12. The second kappa shape index (κ2) is 16.9. The fraction of sp³-hybridized carbons (Fsp3) is 0.500. The van der Waals surface area contributed by atoms with Crippen molar-refractivity contribution in [2.75, 3.05) is 32.7 Å². The van der Waals surface area contributed by atoms with Gasteiger partial charge in [0.1, 0.15) is 23.2 Å². The molecule has 2 aromatic rings. The summed E-state index contributed by atoms with van der Waals surface area (Å²) in [6.45, 7) is 19.9. The molecule has 46 heavy (non-hydrogen) atoms. The smallest absolute Gasteiger partial charge is 0.415 e. The molecule has 2 amide bonds. The number of amides is 2. The van der Waals surface area contributed by atoms with Crippen LogP contribution in [0.2, 0.25) is 0 Å². The van der Waals surface area contributed by atoms with Crippen LogP contribution >= 0.6 is 11.3 Å². The van der Waals surface area contributed by atoms with Crippen molar-refractivity contribution >= 4 is 42.0 Å². The van der Waals surface area contributed by atoms with Crippen molar-refractivity contribution in [1.29, 1.82) is 0 Å². The Bertz CT molecular complexity index is 1390. The van der Waals surface area contributed by atoms with E-state index in [1.165, 1.54) is 11.3 Å². The van der Waals surface area contributed by atoms with Crippen molar-refractivity contribution in [1.82, 2.24) is 20.0 Å². The highest BCUT2D eigenvalue weighted by atomic mass is 32.1. The van der Waals surface area contributed by atoms with E-state index in [1.807, 2.05) is 70.0 Å². The van der Waals surface area contributed by atoms with Gasteiger partial charge in [0.2, 0.25) is 5.96 Å². The number of guanidine groups is 1. The van der Waals surface area contributed by atoms with Crippen LogP contribution in [-0.2, 0) is 16.0 Å². The maximum absolute atomic E-state index is 13.7. The van der Waals surface area contributed by atoms with Crippen molar-refractivity contribution in [3.8, 4) is 5.75 Å². The molecule has 0 unspecified atom stereocenters. The Balaban J connectivity index is 2.01. The van der Waals surface area contributed by atoms with Gasteiger partial charge in [-0.15, -0.1) is 11.3 Å². The first-order chi connectivity index (χ1) is 21.9. The van der Waals surface area contributed by atoms with Crippen LogP contribution in [0, 0.1) is 0 Å². The van der Waals surface area contributed by atoms with Gasteiger partial charge in [0.25, 0.3) is 5.91 Å². The van der Waals surface area contributed by atoms with E-state index in [2.05, 4.69) is 17.0 Å². The number of allylic oxidation sites excluding steroid dienone is 1. The molecule has 0 saturated carbocycles. The number of carbonyl (C=O) groups excluding carboxylic acids is 3. The van der Waals surface area contributed by atoms with Crippen molar-refractivity contribution in [2.24, 2.45) is 9.98 Å². The van der Waals surface area contributed by atoms with Crippen molar-refractivity contribution in [3.63, 3.8) is 0 Å². The number of nitrogens with zero attached hydrogens (tertiary/aromatic N) is 5. The number of likely N-dealkylation sites (tertiary alicyclic amines) is 1. The molecule has 1 atom stereocenters. The van der Waals surface area contributed by atoms with E-state index >= 15 is 0 Å². The van der Waals surface area contributed by atoms with E-state index in [1.54, 1.807) is 34.9 Å². The number of ether oxygens (including phenoxy) is 2. The summed E-state index contributed by atoms with van der Waals surface area (Å²) in [5.74, 6) is 0.427. The zero-order valence-electron chi connectivity index (χ0n) is 28.2. The molecule has 0 spiro atoms. The SMILES string of the molecule is C=NC(=N/C(N[C@@H](Cc1ccc(OC(=O)N2CCCC2)cc1)C(=O)OC(C)(C)C)=C(\C)N(CC)C(=O)c1cccs1)N(CC)CC. The highest BCUT2D eigenvalue weighted by Gasteiger charge is 2.29. The molecule has 0 radical (unpaired) electrons. The average Bonchev–Trinajstić information content (AvgIpc) is 3.76. The van der Waals surface area contributed by atoms with E-state index in [-0.39, 0.29) is 18.4 Å². The summed E-state index contributed by atoms with van der Waals surface area (Å²) < 4.78 is 11.4. The van der Waals surface area contributed by atoms with Crippen LogP contribution in [0.3, 0.4) is 0 Å². The molecule has 3 rings (SSSR count). The van der Waals surface area contributed by atoms with E-state index in [9.17, 15) is 14.4 Å². The van der Waals surface area contributed by atoms with Crippen LogP contribution in [0.25, 0.3) is 0 Å².